The molecule has 0 saturated heterocycles. The summed E-state index contributed by atoms with van der Waals surface area (Å²) in [6.07, 6.45) is 0.988. The third kappa shape index (κ3) is 5.60. The monoisotopic (exact) mass is 499 g/mol. The van der Waals surface area contributed by atoms with Gasteiger partial charge in [0.15, 0.2) is 6.10 Å². The number of aliphatic carboxylic acids is 1. The van der Waals surface area contributed by atoms with Gasteiger partial charge in [-0.3, -0.25) is 0 Å². The van der Waals surface area contributed by atoms with Crippen molar-refractivity contribution >= 4 is 39.0 Å². The normalized spacial score (nSPS) is 12.2. The molecule has 0 aliphatic rings. The molecule has 0 aliphatic carbocycles. The van der Waals surface area contributed by atoms with E-state index in [4.69, 9.17) is 25.5 Å². The van der Waals surface area contributed by atoms with E-state index in [1.807, 2.05) is 54.8 Å². The second-order valence-electron chi connectivity index (χ2n) is 7.85. The molecule has 0 spiro atoms. The molecule has 0 radical (unpaired) electrons. The highest BCUT2D eigenvalue weighted by Gasteiger charge is 2.20. The number of halogens is 1. The Hall–Kier alpha value is -2.87. The Kier molecular flexibility index (Phi) is 7.88. The minimum absolute atomic E-state index is 0.321. The van der Waals surface area contributed by atoms with Crippen molar-refractivity contribution in [2.45, 2.75) is 39.2 Å². The number of benzene rings is 2. The summed E-state index contributed by atoms with van der Waals surface area (Å²) in [6.45, 7) is 4.61. The summed E-state index contributed by atoms with van der Waals surface area (Å²) in [7, 11) is 0. The van der Waals surface area contributed by atoms with Crippen molar-refractivity contribution in [2.24, 2.45) is 0 Å². The van der Waals surface area contributed by atoms with Gasteiger partial charge >= 0.3 is 5.97 Å². The van der Waals surface area contributed by atoms with E-state index in [2.05, 4.69) is 4.98 Å². The van der Waals surface area contributed by atoms with Crippen molar-refractivity contribution in [3.05, 3.63) is 69.9 Å². The summed E-state index contributed by atoms with van der Waals surface area (Å²) in [4.78, 5) is 16.1. The van der Waals surface area contributed by atoms with Gasteiger partial charge < -0.3 is 19.0 Å². The molecule has 34 heavy (non-hydrogen) atoms. The first-order valence-electron chi connectivity index (χ1n) is 11.1. The molecule has 0 bridgehead atoms. The van der Waals surface area contributed by atoms with Crippen LogP contribution in [0.2, 0.25) is 5.02 Å². The van der Waals surface area contributed by atoms with E-state index in [0.717, 1.165) is 51.3 Å². The molecule has 1 atom stereocenters. The zero-order valence-corrected chi connectivity index (χ0v) is 20.6. The highest BCUT2D eigenvalue weighted by molar-refractivity contribution is 7.17. The van der Waals surface area contributed by atoms with Crippen molar-refractivity contribution < 1.29 is 23.8 Å². The van der Waals surface area contributed by atoms with Crippen LogP contribution in [-0.4, -0.2) is 35.4 Å². The van der Waals surface area contributed by atoms with Gasteiger partial charge in [0, 0.05) is 33.7 Å². The highest BCUT2D eigenvalue weighted by Crippen LogP contribution is 2.34. The van der Waals surface area contributed by atoms with Crippen LogP contribution in [0.3, 0.4) is 0 Å². The average molecular weight is 500 g/mol. The number of hydrogen-bond acceptors (Lipinski definition) is 6. The Morgan fingerprint density at radius 1 is 1.21 bits per heavy atom. The maximum atomic E-state index is 11.5. The third-order valence-electron chi connectivity index (χ3n) is 5.51. The largest absolute Gasteiger partial charge is 0.493 e. The Labute approximate surface area is 207 Å². The summed E-state index contributed by atoms with van der Waals surface area (Å²) < 4.78 is 18.3. The number of oxazole rings is 1. The molecule has 0 amide bonds. The minimum atomic E-state index is -0.950. The summed E-state index contributed by atoms with van der Waals surface area (Å²) in [5.74, 6) is 1.24. The van der Waals surface area contributed by atoms with E-state index in [-0.39, 0.29) is 0 Å². The number of fused-ring (bicyclic) bond motifs is 1. The number of nitrogens with zero attached hydrogens (tertiary/aromatic N) is 1. The van der Waals surface area contributed by atoms with Gasteiger partial charge in [0.2, 0.25) is 5.89 Å². The molecule has 178 valence electrons. The number of aromatic nitrogens is 1. The fraction of sp³-hybridized carbons (Fsp3) is 0.308. The lowest BCUT2D eigenvalue weighted by Gasteiger charge is -2.14. The molecule has 6 nitrogen and oxygen atoms in total. The van der Waals surface area contributed by atoms with Crippen molar-refractivity contribution in [1.29, 1.82) is 0 Å². The zero-order chi connectivity index (χ0) is 24.1. The standard InChI is InChI=1S/C26H26ClNO5S/c1-3-31-23(26(29)30)15-18-8-11-22(20-12-14-34-24(18)20)32-13-4-5-21-16(2)33-25(28-21)17-6-9-19(27)10-7-17/h6-12,14,23H,3-5,13,15H2,1-2H3,(H,29,30). The van der Waals surface area contributed by atoms with Gasteiger partial charge in [-0.25, -0.2) is 9.78 Å². The van der Waals surface area contributed by atoms with Crippen LogP contribution in [0.15, 0.2) is 52.3 Å². The lowest BCUT2D eigenvalue weighted by molar-refractivity contribution is -0.149. The number of carboxylic acids is 1. The van der Waals surface area contributed by atoms with Crippen LogP contribution in [0.5, 0.6) is 5.75 Å². The Balaban J connectivity index is 1.38. The predicted octanol–water partition coefficient (Wildman–Crippen LogP) is 6.56. The van der Waals surface area contributed by atoms with Gasteiger partial charge in [-0.2, -0.15) is 0 Å². The molecule has 4 aromatic rings. The predicted molar refractivity (Wildman–Crippen MR) is 134 cm³/mol. The van der Waals surface area contributed by atoms with Crippen LogP contribution in [0.4, 0.5) is 0 Å². The van der Waals surface area contributed by atoms with E-state index in [1.165, 1.54) is 0 Å². The third-order valence-corrected chi connectivity index (χ3v) is 6.75. The first kappa shape index (κ1) is 24.3. The number of rotatable bonds is 11. The second-order valence-corrected chi connectivity index (χ2v) is 9.21. The lowest BCUT2D eigenvalue weighted by Crippen LogP contribution is -2.26. The quantitative estimate of drug-likeness (QED) is 0.235. The SMILES string of the molecule is CCOC(Cc1ccc(OCCCc2nc(-c3ccc(Cl)cc3)oc2C)c2ccsc12)C(=O)O. The lowest BCUT2D eigenvalue weighted by atomic mass is 10.1. The van der Waals surface area contributed by atoms with E-state index in [9.17, 15) is 9.90 Å². The number of thiophene rings is 1. The Morgan fingerprint density at radius 2 is 2.00 bits per heavy atom. The maximum absolute atomic E-state index is 11.5. The van der Waals surface area contributed by atoms with Crippen LogP contribution in [-0.2, 0) is 22.4 Å². The van der Waals surface area contributed by atoms with Crippen molar-refractivity contribution in [2.75, 3.05) is 13.2 Å². The zero-order valence-electron chi connectivity index (χ0n) is 19.0. The molecule has 1 N–H and O–H groups in total. The first-order chi connectivity index (χ1) is 16.5. The van der Waals surface area contributed by atoms with Gasteiger partial charge in [0.1, 0.15) is 11.5 Å². The smallest absolute Gasteiger partial charge is 0.333 e. The summed E-state index contributed by atoms with van der Waals surface area (Å²) in [5.41, 5.74) is 2.76. The number of aryl methyl sites for hydroxylation is 2. The van der Waals surface area contributed by atoms with Crippen LogP contribution >= 0.6 is 22.9 Å². The minimum Gasteiger partial charge on any atom is -0.493 e. The Bertz CT molecular complexity index is 1260. The van der Waals surface area contributed by atoms with Crippen LogP contribution in [0.1, 0.15) is 30.4 Å². The topological polar surface area (TPSA) is 81.8 Å². The summed E-state index contributed by atoms with van der Waals surface area (Å²) in [6, 6.07) is 13.3. The molecule has 1 unspecified atom stereocenters. The molecule has 0 fully saturated rings. The van der Waals surface area contributed by atoms with Gasteiger partial charge in [0.25, 0.3) is 0 Å². The number of carboxylic acid groups (broad SMARTS) is 1. The fourth-order valence-corrected chi connectivity index (χ4v) is 4.86. The molecular weight excluding hydrogens is 474 g/mol. The van der Waals surface area contributed by atoms with Crippen LogP contribution < -0.4 is 4.74 Å². The van der Waals surface area contributed by atoms with Gasteiger partial charge in [-0.1, -0.05) is 17.7 Å². The van der Waals surface area contributed by atoms with Crippen LogP contribution in [0, 0.1) is 6.92 Å². The summed E-state index contributed by atoms with van der Waals surface area (Å²) in [5, 5.41) is 13.1. The average Bonchev–Trinajstić information content (AvgIpc) is 3.45. The molecule has 0 aliphatic heterocycles. The maximum Gasteiger partial charge on any atom is 0.333 e. The van der Waals surface area contributed by atoms with Crippen LogP contribution in [0.25, 0.3) is 21.5 Å². The second kappa shape index (κ2) is 11.0. The molecule has 0 saturated carbocycles. The molecular formula is C26H26ClNO5S. The van der Waals surface area contributed by atoms with Crippen molar-refractivity contribution in [3.63, 3.8) is 0 Å². The van der Waals surface area contributed by atoms with Gasteiger partial charge in [-0.05, 0) is 74.0 Å². The first-order valence-corrected chi connectivity index (χ1v) is 12.4. The summed E-state index contributed by atoms with van der Waals surface area (Å²) >= 11 is 7.54. The molecule has 4 rings (SSSR count). The van der Waals surface area contributed by atoms with E-state index in [1.54, 1.807) is 18.3 Å². The van der Waals surface area contributed by atoms with Gasteiger partial charge in [-0.15, -0.1) is 11.3 Å². The number of ether oxygens (including phenoxy) is 2. The number of hydrogen-bond donors (Lipinski definition) is 1. The van der Waals surface area contributed by atoms with Crippen molar-refractivity contribution in [1.82, 2.24) is 4.98 Å². The van der Waals surface area contributed by atoms with Crippen molar-refractivity contribution in [3.8, 4) is 17.2 Å². The van der Waals surface area contributed by atoms with E-state index < -0.39 is 12.1 Å². The number of carbonyl (C=O) groups is 1. The van der Waals surface area contributed by atoms with E-state index >= 15 is 0 Å². The molecule has 2 heterocycles. The van der Waals surface area contributed by atoms with Gasteiger partial charge in [0.05, 0.1) is 12.3 Å². The fourth-order valence-electron chi connectivity index (χ4n) is 3.80. The molecule has 2 aromatic carbocycles. The van der Waals surface area contributed by atoms with E-state index in [0.29, 0.717) is 30.5 Å². The Morgan fingerprint density at radius 3 is 2.74 bits per heavy atom. The highest BCUT2D eigenvalue weighted by atomic mass is 35.5. The molecule has 2 aromatic heterocycles. The molecule has 8 heteroatoms.